The van der Waals surface area contributed by atoms with Crippen LogP contribution in [0.25, 0.3) is 0 Å². The van der Waals surface area contributed by atoms with E-state index < -0.39 is 17.8 Å². The summed E-state index contributed by atoms with van der Waals surface area (Å²) in [4.78, 5) is 26.6. The average Bonchev–Trinajstić information content (AvgIpc) is 2.87. The second-order valence-corrected chi connectivity index (χ2v) is 8.78. The van der Waals surface area contributed by atoms with Gasteiger partial charge in [0, 0.05) is 38.6 Å². The lowest BCUT2D eigenvalue weighted by Gasteiger charge is -2.33. The van der Waals surface area contributed by atoms with E-state index in [0.29, 0.717) is 25.3 Å². The highest BCUT2D eigenvalue weighted by Gasteiger charge is 2.35. The quantitative estimate of drug-likeness (QED) is 0.538. The maximum Gasteiger partial charge on any atom is 0.433 e. The number of amides is 1. The molecule has 10 heteroatoms. The Morgan fingerprint density at radius 1 is 1.06 bits per heavy atom. The van der Waals surface area contributed by atoms with Gasteiger partial charge in [0.25, 0.3) is 0 Å². The monoisotopic (exact) mass is 489 g/mol. The zero-order valence-electron chi connectivity index (χ0n) is 19.6. The minimum absolute atomic E-state index is 0.172. The Labute approximate surface area is 201 Å². The Morgan fingerprint density at radius 3 is 2.40 bits per heavy atom. The molecule has 4 rings (SSSR count). The molecule has 35 heavy (non-hydrogen) atoms. The van der Waals surface area contributed by atoms with Gasteiger partial charge in [-0.3, -0.25) is 4.79 Å². The summed E-state index contributed by atoms with van der Waals surface area (Å²) in [6.45, 7) is 3.29. The lowest BCUT2D eigenvalue weighted by atomic mass is 9.98. The Hall–Kier alpha value is -3.43. The number of alkyl halides is 3. The van der Waals surface area contributed by atoms with Gasteiger partial charge in [0.1, 0.15) is 11.5 Å². The van der Waals surface area contributed by atoms with Gasteiger partial charge in [-0.05, 0) is 68.2 Å². The Balaban J connectivity index is 1.57. The third kappa shape index (κ3) is 5.47. The molecule has 0 N–H and O–H groups in total. The minimum Gasteiger partial charge on any atom is -0.355 e. The van der Waals surface area contributed by atoms with Crippen molar-refractivity contribution in [1.82, 2.24) is 4.98 Å². The summed E-state index contributed by atoms with van der Waals surface area (Å²) >= 11 is 0. The molecular weight excluding hydrogens is 462 g/mol. The van der Waals surface area contributed by atoms with Crippen LogP contribution in [0.15, 0.2) is 53.2 Å². The van der Waals surface area contributed by atoms with Crippen molar-refractivity contribution >= 4 is 29.4 Å². The number of anilines is 3. The first-order valence-electron chi connectivity index (χ1n) is 11.5. The van der Waals surface area contributed by atoms with E-state index in [9.17, 15) is 22.4 Å². The summed E-state index contributed by atoms with van der Waals surface area (Å²) < 4.78 is 53.5. The molecule has 1 aromatic heterocycles. The summed E-state index contributed by atoms with van der Waals surface area (Å²) in [5, 5.41) is 0. The van der Waals surface area contributed by atoms with Crippen LogP contribution in [-0.2, 0) is 11.0 Å². The summed E-state index contributed by atoms with van der Waals surface area (Å²) in [6, 6.07) is 8.19. The highest BCUT2D eigenvalue weighted by atomic mass is 19.4. The molecule has 1 aromatic carbocycles. The van der Waals surface area contributed by atoms with Gasteiger partial charge >= 0.3 is 6.18 Å². The second kappa shape index (κ2) is 10.1. The molecule has 1 fully saturated rings. The van der Waals surface area contributed by atoms with Crippen molar-refractivity contribution in [3.63, 3.8) is 0 Å². The van der Waals surface area contributed by atoms with Gasteiger partial charge in [0.05, 0.1) is 17.9 Å². The molecule has 1 amide bonds. The predicted octanol–water partition coefficient (Wildman–Crippen LogP) is 5.26. The molecule has 0 radical (unpaired) electrons. The van der Waals surface area contributed by atoms with Crippen molar-refractivity contribution in [2.45, 2.75) is 32.4 Å². The number of hydrogen-bond acceptors (Lipinski definition) is 5. The first kappa shape index (κ1) is 24.7. The predicted molar refractivity (Wildman–Crippen MR) is 128 cm³/mol. The van der Waals surface area contributed by atoms with Gasteiger partial charge in [0.2, 0.25) is 5.91 Å². The maximum absolute atomic E-state index is 13.4. The molecule has 1 unspecified atom stereocenters. The number of carbonyl (C=O) groups excluding carboxylic acids is 1. The maximum atomic E-state index is 13.4. The number of aliphatic imine (C=N–C) groups is 1. The number of rotatable bonds is 5. The summed E-state index contributed by atoms with van der Waals surface area (Å²) in [5.41, 5.74) is 0.822. The number of hydrogen-bond donors (Lipinski definition) is 0. The lowest BCUT2D eigenvalue weighted by molar-refractivity contribution is -0.141. The molecular formula is C25H27F4N5O. The van der Waals surface area contributed by atoms with Crippen LogP contribution < -0.4 is 14.7 Å². The first-order valence-corrected chi connectivity index (χ1v) is 11.5. The fourth-order valence-electron chi connectivity index (χ4n) is 4.29. The van der Waals surface area contributed by atoms with Crippen LogP contribution in [0.1, 0.15) is 31.9 Å². The molecule has 6 nitrogen and oxygen atoms in total. The molecule has 2 aliphatic rings. The Bertz CT molecular complexity index is 1120. The molecule has 3 heterocycles. The van der Waals surface area contributed by atoms with Gasteiger partial charge < -0.3 is 14.7 Å². The number of piperidine rings is 1. The van der Waals surface area contributed by atoms with E-state index in [4.69, 9.17) is 0 Å². The summed E-state index contributed by atoms with van der Waals surface area (Å²) in [6.07, 6.45) is 1.37. The van der Waals surface area contributed by atoms with Gasteiger partial charge in [-0.25, -0.2) is 14.4 Å². The van der Waals surface area contributed by atoms with Gasteiger partial charge in [0.15, 0.2) is 5.82 Å². The number of nitrogens with zero attached hydrogens (tertiary/aromatic N) is 5. The minimum atomic E-state index is -4.58. The van der Waals surface area contributed by atoms with Crippen molar-refractivity contribution in [2.24, 2.45) is 10.9 Å². The first-order chi connectivity index (χ1) is 16.6. The van der Waals surface area contributed by atoms with Gasteiger partial charge in [-0.2, -0.15) is 13.2 Å². The van der Waals surface area contributed by atoms with Crippen LogP contribution in [0.3, 0.4) is 0 Å². The van der Waals surface area contributed by atoms with Crippen LogP contribution in [-0.4, -0.2) is 43.9 Å². The largest absolute Gasteiger partial charge is 0.433 e. The molecule has 186 valence electrons. The molecule has 2 aromatic rings. The van der Waals surface area contributed by atoms with Crippen molar-refractivity contribution in [2.75, 3.05) is 41.4 Å². The SMILES string of the molecule is CC(C(=O)N(C)c1ccc(C(F)(F)F)nc1N1CCCCC1)C1=CN=CN(c2ccc(F)cc2)C1. The van der Waals surface area contributed by atoms with Crippen LogP contribution in [0, 0.1) is 11.7 Å². The Morgan fingerprint density at radius 2 is 1.74 bits per heavy atom. The number of halogens is 4. The average molecular weight is 490 g/mol. The standard InChI is InChI=1S/C25H27F4N5O/c1-17(18-14-30-16-34(15-18)20-8-6-19(26)7-9-20)24(35)32(2)21-10-11-22(25(27,28)29)31-23(21)33-12-4-3-5-13-33/h6-11,14,16-17H,3-5,12-13,15H2,1-2H3. The van der Waals surface area contributed by atoms with Gasteiger partial charge in [-0.1, -0.05) is 0 Å². The third-order valence-corrected chi connectivity index (χ3v) is 6.38. The van der Waals surface area contributed by atoms with Gasteiger partial charge in [-0.15, -0.1) is 0 Å². The molecule has 0 aliphatic carbocycles. The highest BCUT2D eigenvalue weighted by Crippen LogP contribution is 2.36. The summed E-state index contributed by atoms with van der Waals surface area (Å²) in [5.74, 6) is -1.05. The van der Waals surface area contributed by atoms with Crippen LogP contribution >= 0.6 is 0 Å². The van der Waals surface area contributed by atoms with E-state index in [-0.39, 0.29) is 17.5 Å². The van der Waals surface area contributed by atoms with E-state index in [1.54, 1.807) is 43.5 Å². The fourth-order valence-corrected chi connectivity index (χ4v) is 4.29. The number of benzene rings is 1. The smallest absolute Gasteiger partial charge is 0.355 e. The Kier molecular flexibility index (Phi) is 7.09. The molecule has 0 saturated carbocycles. The number of carbonyl (C=O) groups is 1. The number of aromatic nitrogens is 1. The highest BCUT2D eigenvalue weighted by molar-refractivity contribution is 5.99. The summed E-state index contributed by atoms with van der Waals surface area (Å²) in [7, 11) is 1.56. The second-order valence-electron chi connectivity index (χ2n) is 8.78. The molecule has 1 saturated heterocycles. The third-order valence-electron chi connectivity index (χ3n) is 6.38. The van der Waals surface area contributed by atoms with E-state index in [1.807, 2.05) is 4.90 Å². The van der Waals surface area contributed by atoms with E-state index in [0.717, 1.165) is 36.6 Å². The van der Waals surface area contributed by atoms with E-state index >= 15 is 0 Å². The van der Waals surface area contributed by atoms with Crippen molar-refractivity contribution in [1.29, 1.82) is 0 Å². The topological polar surface area (TPSA) is 52.0 Å². The van der Waals surface area contributed by atoms with Crippen molar-refractivity contribution < 1.29 is 22.4 Å². The molecule has 2 aliphatic heterocycles. The lowest BCUT2D eigenvalue weighted by Crippen LogP contribution is -2.38. The fraction of sp³-hybridized carbons (Fsp3) is 0.400. The molecule has 0 spiro atoms. The van der Waals surface area contributed by atoms with Crippen LogP contribution in [0.5, 0.6) is 0 Å². The molecule has 1 atom stereocenters. The van der Waals surface area contributed by atoms with Crippen LogP contribution in [0.2, 0.25) is 0 Å². The normalized spacial score (nSPS) is 17.3. The van der Waals surface area contributed by atoms with E-state index in [1.165, 1.54) is 23.1 Å². The van der Waals surface area contributed by atoms with Crippen LogP contribution in [0.4, 0.5) is 34.8 Å². The van der Waals surface area contributed by atoms with E-state index in [2.05, 4.69) is 9.98 Å². The van der Waals surface area contributed by atoms with Crippen molar-refractivity contribution in [3.8, 4) is 0 Å². The van der Waals surface area contributed by atoms with Crippen molar-refractivity contribution in [3.05, 3.63) is 59.7 Å². The molecule has 0 bridgehead atoms. The zero-order chi connectivity index (χ0) is 25.2. The zero-order valence-corrected chi connectivity index (χ0v) is 19.6. The number of pyridine rings is 1.